The maximum atomic E-state index is 11.4. The van der Waals surface area contributed by atoms with E-state index in [0.29, 0.717) is 6.42 Å². The van der Waals surface area contributed by atoms with Crippen LogP contribution in [0.5, 0.6) is 0 Å². The molecular weight excluding hydrogens is 494 g/mol. The Labute approximate surface area is 249 Å². The Morgan fingerprint density at radius 3 is 1.35 bits per heavy atom. The minimum atomic E-state index is -0.862. The highest BCUT2D eigenvalue weighted by Gasteiger charge is 2.17. The van der Waals surface area contributed by atoms with Crippen LogP contribution in [0.15, 0.2) is 36.5 Å². The van der Waals surface area contributed by atoms with Crippen LogP contribution in [0.2, 0.25) is 0 Å². The number of hydrogen-bond donors (Lipinski definition) is 3. The summed E-state index contributed by atoms with van der Waals surface area (Å²) in [5.41, 5.74) is 0. The van der Waals surface area contributed by atoms with Gasteiger partial charge in [-0.2, -0.15) is 0 Å². The number of hydrogen-bond acceptors (Lipinski definition) is 3. The second-order valence-corrected chi connectivity index (χ2v) is 11.5. The summed E-state index contributed by atoms with van der Waals surface area (Å²) in [6.45, 7) is 3.77. The third kappa shape index (κ3) is 28.1. The Morgan fingerprint density at radius 2 is 0.950 bits per heavy atom. The number of amides is 1. The molecule has 0 fully saturated rings. The van der Waals surface area contributed by atoms with Crippen LogP contribution in [0.4, 0.5) is 0 Å². The van der Waals surface area contributed by atoms with E-state index < -0.39 is 12.1 Å². The van der Waals surface area contributed by atoms with Gasteiger partial charge in [-0.1, -0.05) is 159 Å². The highest BCUT2D eigenvalue weighted by molar-refractivity contribution is 5.75. The van der Waals surface area contributed by atoms with Crippen molar-refractivity contribution in [2.75, 3.05) is 6.61 Å². The van der Waals surface area contributed by atoms with Crippen molar-refractivity contribution in [1.82, 2.24) is 5.32 Å². The highest BCUT2D eigenvalue weighted by Crippen LogP contribution is 2.14. The normalized spacial score (nSPS) is 13.6. The van der Waals surface area contributed by atoms with E-state index in [0.717, 1.165) is 25.7 Å². The summed E-state index contributed by atoms with van der Waals surface area (Å²) in [6, 6.07) is -0.639. The molecule has 2 unspecified atom stereocenters. The molecule has 0 heterocycles. The lowest BCUT2D eigenvalue weighted by atomic mass is 10.0. The summed E-state index contributed by atoms with van der Waals surface area (Å²) in [5.74, 6) is -0.168. The van der Waals surface area contributed by atoms with Crippen LogP contribution in [0.1, 0.15) is 168 Å². The second-order valence-electron chi connectivity index (χ2n) is 11.5. The quantitative estimate of drug-likeness (QED) is 0.0603. The van der Waals surface area contributed by atoms with Gasteiger partial charge in [-0.3, -0.25) is 4.79 Å². The van der Waals surface area contributed by atoms with E-state index in [1.54, 1.807) is 13.0 Å². The highest BCUT2D eigenvalue weighted by atomic mass is 16.3. The number of allylic oxidation sites excluding steroid dienone is 5. The molecule has 3 N–H and O–H groups in total. The molecule has 4 heteroatoms. The summed E-state index contributed by atoms with van der Waals surface area (Å²) in [7, 11) is 0. The van der Waals surface area contributed by atoms with Crippen LogP contribution >= 0.6 is 0 Å². The van der Waals surface area contributed by atoms with Crippen LogP contribution in [-0.4, -0.2) is 34.9 Å². The lowest BCUT2D eigenvalue weighted by Gasteiger charge is -2.19. The SMILES string of the molecule is CCCCCCCCCCCCCCCCCCCC/C=C/CC/C=C/CC/C=C/C(O)C(CO)NC(=O)CC. The maximum absolute atomic E-state index is 11.4. The van der Waals surface area contributed by atoms with E-state index in [2.05, 4.69) is 36.5 Å². The molecule has 4 nitrogen and oxygen atoms in total. The van der Waals surface area contributed by atoms with Crippen molar-refractivity contribution in [1.29, 1.82) is 0 Å². The fourth-order valence-electron chi connectivity index (χ4n) is 4.94. The summed E-state index contributed by atoms with van der Waals surface area (Å²) in [5, 5.41) is 22.0. The molecule has 0 aliphatic rings. The van der Waals surface area contributed by atoms with Gasteiger partial charge in [-0.15, -0.1) is 0 Å². The molecule has 2 atom stereocenters. The Kier molecular flexibility index (Phi) is 31.0. The Morgan fingerprint density at radius 1 is 0.575 bits per heavy atom. The molecule has 0 aliphatic heterocycles. The van der Waals surface area contributed by atoms with Gasteiger partial charge in [0, 0.05) is 6.42 Å². The first-order valence-electron chi connectivity index (χ1n) is 17.2. The van der Waals surface area contributed by atoms with Crippen LogP contribution in [0.3, 0.4) is 0 Å². The fraction of sp³-hybridized carbons (Fsp3) is 0.806. The van der Waals surface area contributed by atoms with E-state index in [9.17, 15) is 15.0 Å². The molecule has 234 valence electrons. The third-order valence-electron chi connectivity index (χ3n) is 7.67. The average molecular weight is 562 g/mol. The standard InChI is InChI=1S/C36H67NO3/c1-3-5-6-7-8-9-10-11-12-13-14-15-16-17-18-19-20-21-22-23-24-25-26-27-28-29-30-31-32-35(39)34(33-38)37-36(40)4-2/h23-24,27-28,31-32,34-35,38-39H,3-22,25-26,29-30,33H2,1-2H3,(H,37,40)/b24-23+,28-27+,32-31+. The molecule has 40 heavy (non-hydrogen) atoms. The van der Waals surface area contributed by atoms with Gasteiger partial charge in [0.1, 0.15) is 0 Å². The van der Waals surface area contributed by atoms with Crippen LogP contribution in [-0.2, 0) is 4.79 Å². The number of unbranched alkanes of at least 4 members (excludes halogenated alkanes) is 20. The first-order chi connectivity index (χ1) is 19.7. The molecule has 0 saturated carbocycles. The molecule has 0 aromatic rings. The molecule has 0 aromatic heterocycles. The maximum Gasteiger partial charge on any atom is 0.220 e. The van der Waals surface area contributed by atoms with Gasteiger partial charge >= 0.3 is 0 Å². The minimum absolute atomic E-state index is 0.168. The average Bonchev–Trinajstić information content (AvgIpc) is 2.96. The van der Waals surface area contributed by atoms with Crippen LogP contribution < -0.4 is 5.32 Å². The predicted octanol–water partition coefficient (Wildman–Crippen LogP) is 9.90. The molecule has 0 radical (unpaired) electrons. The smallest absolute Gasteiger partial charge is 0.220 e. The van der Waals surface area contributed by atoms with Crippen molar-refractivity contribution in [2.24, 2.45) is 0 Å². The first-order valence-corrected chi connectivity index (χ1v) is 17.2. The molecule has 0 aromatic carbocycles. The van der Waals surface area contributed by atoms with Gasteiger partial charge in [-0.25, -0.2) is 0 Å². The van der Waals surface area contributed by atoms with E-state index in [1.807, 2.05) is 6.08 Å². The van der Waals surface area contributed by atoms with Crippen molar-refractivity contribution < 1.29 is 15.0 Å². The fourth-order valence-corrected chi connectivity index (χ4v) is 4.94. The largest absolute Gasteiger partial charge is 0.394 e. The predicted molar refractivity (Wildman–Crippen MR) is 175 cm³/mol. The van der Waals surface area contributed by atoms with Crippen molar-refractivity contribution >= 4 is 5.91 Å². The lowest BCUT2D eigenvalue weighted by molar-refractivity contribution is -0.122. The van der Waals surface area contributed by atoms with Crippen molar-refractivity contribution in [3.8, 4) is 0 Å². The van der Waals surface area contributed by atoms with Crippen molar-refractivity contribution in [3.63, 3.8) is 0 Å². The molecule has 0 bridgehead atoms. The Balaban J connectivity index is 3.39. The van der Waals surface area contributed by atoms with Crippen molar-refractivity contribution in [3.05, 3.63) is 36.5 Å². The number of carbonyl (C=O) groups excluding carboxylic acids is 1. The van der Waals surface area contributed by atoms with Gasteiger partial charge < -0.3 is 15.5 Å². The summed E-state index contributed by atoms with van der Waals surface area (Å²) >= 11 is 0. The number of rotatable bonds is 30. The van der Waals surface area contributed by atoms with Gasteiger partial charge in [0.15, 0.2) is 0 Å². The van der Waals surface area contributed by atoms with Crippen LogP contribution in [0, 0.1) is 0 Å². The molecular formula is C36H67NO3. The Bertz CT molecular complexity index is 613. The second kappa shape index (κ2) is 32.1. The first kappa shape index (κ1) is 38.6. The van der Waals surface area contributed by atoms with Crippen LogP contribution in [0.25, 0.3) is 0 Å². The number of nitrogens with one attached hydrogen (secondary N) is 1. The summed E-state index contributed by atoms with van der Waals surface area (Å²) in [6.07, 6.45) is 42.9. The van der Waals surface area contributed by atoms with Crippen molar-refractivity contribution in [2.45, 2.75) is 180 Å². The van der Waals surface area contributed by atoms with E-state index in [-0.39, 0.29) is 12.5 Å². The number of aliphatic hydroxyl groups is 2. The van der Waals surface area contributed by atoms with E-state index >= 15 is 0 Å². The zero-order chi connectivity index (χ0) is 29.4. The number of carbonyl (C=O) groups is 1. The third-order valence-corrected chi connectivity index (χ3v) is 7.67. The zero-order valence-electron chi connectivity index (χ0n) is 26.6. The van der Waals surface area contributed by atoms with E-state index in [1.165, 1.54) is 122 Å². The van der Waals surface area contributed by atoms with E-state index in [4.69, 9.17) is 0 Å². The number of aliphatic hydroxyl groups excluding tert-OH is 2. The van der Waals surface area contributed by atoms with Gasteiger partial charge in [0.25, 0.3) is 0 Å². The monoisotopic (exact) mass is 562 g/mol. The van der Waals surface area contributed by atoms with Gasteiger partial charge in [0.2, 0.25) is 5.91 Å². The molecule has 0 saturated heterocycles. The molecule has 0 aliphatic carbocycles. The molecule has 0 rings (SSSR count). The Hall–Kier alpha value is -1.39. The minimum Gasteiger partial charge on any atom is -0.394 e. The lowest BCUT2D eigenvalue weighted by Crippen LogP contribution is -2.44. The van der Waals surface area contributed by atoms with Gasteiger partial charge in [-0.05, 0) is 38.5 Å². The summed E-state index contributed by atoms with van der Waals surface area (Å²) < 4.78 is 0. The molecule has 0 spiro atoms. The zero-order valence-corrected chi connectivity index (χ0v) is 26.6. The van der Waals surface area contributed by atoms with Gasteiger partial charge in [0.05, 0.1) is 18.8 Å². The topological polar surface area (TPSA) is 69.6 Å². The summed E-state index contributed by atoms with van der Waals surface area (Å²) in [4.78, 5) is 11.4. The molecule has 1 amide bonds.